The lowest BCUT2D eigenvalue weighted by Crippen LogP contribution is -2.49. The molecule has 3 atom stereocenters. The Kier molecular flexibility index (Phi) is 7.22. The lowest BCUT2D eigenvalue weighted by atomic mass is 9.97. The molecule has 0 spiro atoms. The molecule has 1 aliphatic rings. The van der Waals surface area contributed by atoms with E-state index in [0.717, 1.165) is 22.6 Å². The second-order valence-corrected chi connectivity index (χ2v) is 6.94. The highest BCUT2D eigenvalue weighted by Crippen LogP contribution is 2.29. The predicted molar refractivity (Wildman–Crippen MR) is 105 cm³/mol. The second-order valence-electron chi connectivity index (χ2n) is 6.94. The number of hydrogen-bond donors (Lipinski definition) is 1. The SMILES string of the molecule is COc1ccc(COC[C@]2(O)CO[C@H](C=O)[C@H]2OCc2ccc(OC)cc2)cc1. The van der Waals surface area contributed by atoms with Gasteiger partial charge < -0.3 is 33.6 Å². The minimum atomic E-state index is -1.41. The van der Waals surface area contributed by atoms with Crippen molar-refractivity contribution in [3.63, 3.8) is 0 Å². The van der Waals surface area contributed by atoms with Gasteiger partial charge in [0.15, 0.2) is 6.29 Å². The summed E-state index contributed by atoms with van der Waals surface area (Å²) in [6.45, 7) is 0.482. The Morgan fingerprint density at radius 2 is 1.55 bits per heavy atom. The van der Waals surface area contributed by atoms with Gasteiger partial charge in [0, 0.05) is 0 Å². The summed E-state index contributed by atoms with van der Waals surface area (Å²) in [6.07, 6.45) is -1.01. The van der Waals surface area contributed by atoms with Gasteiger partial charge in [-0.2, -0.15) is 0 Å². The highest BCUT2D eigenvalue weighted by atomic mass is 16.6. The van der Waals surface area contributed by atoms with Crippen molar-refractivity contribution >= 4 is 6.29 Å². The lowest BCUT2D eigenvalue weighted by Gasteiger charge is -2.29. The fraction of sp³-hybridized carbons (Fsp3) is 0.409. The number of carbonyl (C=O) groups is 1. The van der Waals surface area contributed by atoms with Gasteiger partial charge in [-0.05, 0) is 35.4 Å². The van der Waals surface area contributed by atoms with Crippen LogP contribution < -0.4 is 9.47 Å². The third kappa shape index (κ3) is 5.33. The van der Waals surface area contributed by atoms with Gasteiger partial charge >= 0.3 is 0 Å². The quantitative estimate of drug-likeness (QED) is 0.610. The summed E-state index contributed by atoms with van der Waals surface area (Å²) >= 11 is 0. The first kappa shape index (κ1) is 21.3. The molecule has 7 heteroatoms. The number of benzene rings is 2. The third-order valence-corrected chi connectivity index (χ3v) is 4.86. The highest BCUT2D eigenvalue weighted by molar-refractivity contribution is 5.58. The summed E-state index contributed by atoms with van der Waals surface area (Å²) in [6, 6.07) is 14.8. The Balaban J connectivity index is 1.57. The molecule has 0 saturated carbocycles. The molecule has 2 aromatic rings. The first-order valence-corrected chi connectivity index (χ1v) is 9.32. The van der Waals surface area contributed by atoms with E-state index in [0.29, 0.717) is 12.9 Å². The van der Waals surface area contributed by atoms with E-state index in [1.807, 2.05) is 48.5 Å². The van der Waals surface area contributed by atoms with Gasteiger partial charge in [-0.25, -0.2) is 0 Å². The summed E-state index contributed by atoms with van der Waals surface area (Å²) in [7, 11) is 3.21. The minimum absolute atomic E-state index is 0.0172. The van der Waals surface area contributed by atoms with Crippen LogP contribution in [0.3, 0.4) is 0 Å². The molecule has 1 aliphatic heterocycles. The summed E-state index contributed by atoms with van der Waals surface area (Å²) in [4.78, 5) is 11.4. The monoisotopic (exact) mass is 402 g/mol. The van der Waals surface area contributed by atoms with E-state index in [1.54, 1.807) is 14.2 Å². The average molecular weight is 402 g/mol. The van der Waals surface area contributed by atoms with E-state index in [1.165, 1.54) is 0 Å². The fourth-order valence-corrected chi connectivity index (χ4v) is 3.18. The van der Waals surface area contributed by atoms with Crippen LogP contribution in [-0.4, -0.2) is 56.6 Å². The summed E-state index contributed by atoms with van der Waals surface area (Å²) < 4.78 is 27.3. The molecule has 2 aromatic carbocycles. The van der Waals surface area contributed by atoms with E-state index < -0.39 is 17.8 Å². The lowest BCUT2D eigenvalue weighted by molar-refractivity contribution is -0.138. The molecule has 156 valence electrons. The number of aldehydes is 1. The third-order valence-electron chi connectivity index (χ3n) is 4.86. The summed E-state index contributed by atoms with van der Waals surface area (Å²) in [5, 5.41) is 11.0. The van der Waals surface area contributed by atoms with Crippen molar-refractivity contribution in [1.29, 1.82) is 0 Å². The topological polar surface area (TPSA) is 83.5 Å². The van der Waals surface area contributed by atoms with Gasteiger partial charge in [0.25, 0.3) is 0 Å². The largest absolute Gasteiger partial charge is 0.497 e. The van der Waals surface area contributed by atoms with Gasteiger partial charge in [-0.1, -0.05) is 24.3 Å². The van der Waals surface area contributed by atoms with Crippen LogP contribution in [0.5, 0.6) is 11.5 Å². The van der Waals surface area contributed by atoms with E-state index in [-0.39, 0.29) is 19.8 Å². The molecule has 0 unspecified atom stereocenters. The molecule has 1 fully saturated rings. The molecule has 0 aromatic heterocycles. The molecule has 0 aliphatic carbocycles. The van der Waals surface area contributed by atoms with Crippen molar-refractivity contribution in [3.05, 3.63) is 59.7 Å². The number of carbonyl (C=O) groups excluding carboxylic acids is 1. The molecular weight excluding hydrogens is 376 g/mol. The van der Waals surface area contributed by atoms with Crippen molar-refractivity contribution in [2.75, 3.05) is 27.4 Å². The van der Waals surface area contributed by atoms with E-state index >= 15 is 0 Å². The molecule has 29 heavy (non-hydrogen) atoms. The van der Waals surface area contributed by atoms with Crippen molar-refractivity contribution in [2.45, 2.75) is 31.0 Å². The maximum absolute atomic E-state index is 11.4. The zero-order chi connectivity index (χ0) is 20.7. The molecule has 0 amide bonds. The van der Waals surface area contributed by atoms with Crippen molar-refractivity contribution in [3.8, 4) is 11.5 Å². The van der Waals surface area contributed by atoms with E-state index in [4.69, 9.17) is 23.7 Å². The van der Waals surface area contributed by atoms with Crippen LogP contribution in [0.2, 0.25) is 0 Å². The number of ether oxygens (including phenoxy) is 5. The first-order valence-electron chi connectivity index (χ1n) is 9.32. The Hall–Kier alpha value is -2.45. The summed E-state index contributed by atoms with van der Waals surface area (Å²) in [5.41, 5.74) is 0.421. The molecule has 1 heterocycles. The van der Waals surface area contributed by atoms with Crippen LogP contribution in [0.25, 0.3) is 0 Å². The predicted octanol–water partition coefficient (Wildman–Crippen LogP) is 2.13. The molecule has 1 saturated heterocycles. The highest BCUT2D eigenvalue weighted by Gasteiger charge is 2.50. The van der Waals surface area contributed by atoms with Crippen LogP contribution in [0.1, 0.15) is 11.1 Å². The van der Waals surface area contributed by atoms with Crippen molar-refractivity contribution in [1.82, 2.24) is 0 Å². The van der Waals surface area contributed by atoms with E-state index in [9.17, 15) is 9.90 Å². The van der Waals surface area contributed by atoms with Crippen LogP contribution in [0, 0.1) is 0 Å². The Labute approximate surface area is 170 Å². The second kappa shape index (κ2) is 9.84. The number of hydrogen-bond acceptors (Lipinski definition) is 7. The smallest absolute Gasteiger partial charge is 0.151 e. The molecule has 0 bridgehead atoms. The van der Waals surface area contributed by atoms with Crippen molar-refractivity contribution < 1.29 is 33.6 Å². The van der Waals surface area contributed by atoms with Gasteiger partial charge in [-0.3, -0.25) is 0 Å². The van der Waals surface area contributed by atoms with Gasteiger partial charge in [0.2, 0.25) is 0 Å². The molecule has 7 nitrogen and oxygen atoms in total. The average Bonchev–Trinajstić information content (AvgIpc) is 3.08. The fourth-order valence-electron chi connectivity index (χ4n) is 3.18. The summed E-state index contributed by atoms with van der Waals surface area (Å²) in [5.74, 6) is 1.50. The van der Waals surface area contributed by atoms with Crippen LogP contribution in [0.4, 0.5) is 0 Å². The van der Waals surface area contributed by atoms with E-state index in [2.05, 4.69) is 0 Å². The standard InChI is InChI=1S/C22H26O7/c1-25-18-7-3-16(4-8-18)12-27-14-22(24)15-29-20(11-23)21(22)28-13-17-5-9-19(26-2)10-6-17/h3-11,20-21,24H,12-15H2,1-2H3/t20-,21-,22+/m1/s1. The van der Waals surface area contributed by atoms with Gasteiger partial charge in [0.1, 0.15) is 29.3 Å². The Morgan fingerprint density at radius 1 is 1.00 bits per heavy atom. The normalized spacial score (nSPS) is 23.7. The molecular formula is C22H26O7. The van der Waals surface area contributed by atoms with Gasteiger partial charge in [-0.15, -0.1) is 0 Å². The maximum atomic E-state index is 11.4. The van der Waals surface area contributed by atoms with Crippen LogP contribution >= 0.6 is 0 Å². The number of aliphatic hydroxyl groups is 1. The Morgan fingerprint density at radius 3 is 2.07 bits per heavy atom. The zero-order valence-corrected chi connectivity index (χ0v) is 16.6. The van der Waals surface area contributed by atoms with Crippen LogP contribution in [-0.2, 0) is 32.2 Å². The number of rotatable bonds is 10. The molecule has 3 rings (SSSR count). The van der Waals surface area contributed by atoms with Crippen LogP contribution in [0.15, 0.2) is 48.5 Å². The van der Waals surface area contributed by atoms with Crippen molar-refractivity contribution in [2.24, 2.45) is 0 Å². The Bertz CT molecular complexity index is 775. The molecule has 1 N–H and O–H groups in total. The maximum Gasteiger partial charge on any atom is 0.151 e. The molecule has 0 radical (unpaired) electrons. The van der Waals surface area contributed by atoms with Gasteiger partial charge in [0.05, 0.1) is 40.6 Å². The number of methoxy groups -OCH3 is 2. The minimum Gasteiger partial charge on any atom is -0.497 e. The first-order chi connectivity index (χ1) is 14.1. The zero-order valence-electron chi connectivity index (χ0n) is 16.6.